The minimum Gasteiger partial charge on any atom is -0.346 e. The molecule has 1 atom stereocenters. The number of amides is 2. The standard InChI is InChI=1S/C17H28N6O2/c1-20-9-8-17(7-6-15(20)24)12-23(11-10-22(17)3)16(25)5-4-14-19-18-13-21(14)2/h13H,4-12H2,1-3H3. The SMILES string of the molecule is CN1CCC2(CCC1=O)CN(C(=O)CCc1nncn1C)CCN2C. The van der Waals surface area contributed by atoms with Gasteiger partial charge in [-0.3, -0.25) is 14.5 Å². The third-order valence-electron chi connectivity index (χ3n) is 5.86. The third-order valence-corrected chi connectivity index (χ3v) is 5.86. The Hall–Kier alpha value is -1.96. The summed E-state index contributed by atoms with van der Waals surface area (Å²) in [4.78, 5) is 30.9. The summed E-state index contributed by atoms with van der Waals surface area (Å²) in [7, 11) is 5.88. The molecule has 1 spiro atoms. The van der Waals surface area contributed by atoms with Gasteiger partial charge in [0, 0.05) is 65.1 Å². The molecule has 1 aromatic rings. The highest BCUT2D eigenvalue weighted by Crippen LogP contribution is 2.32. The van der Waals surface area contributed by atoms with Crippen LogP contribution >= 0.6 is 0 Å². The van der Waals surface area contributed by atoms with Crippen LogP contribution in [0, 0.1) is 0 Å². The smallest absolute Gasteiger partial charge is 0.223 e. The number of piperazine rings is 1. The number of nitrogens with zero attached hydrogens (tertiary/aromatic N) is 6. The highest BCUT2D eigenvalue weighted by atomic mass is 16.2. The minimum atomic E-state index is -0.0842. The molecule has 2 aliphatic heterocycles. The van der Waals surface area contributed by atoms with Crippen LogP contribution in [0.4, 0.5) is 0 Å². The molecule has 2 amide bonds. The molecule has 3 heterocycles. The van der Waals surface area contributed by atoms with E-state index >= 15 is 0 Å². The van der Waals surface area contributed by atoms with Gasteiger partial charge in [-0.2, -0.15) is 0 Å². The van der Waals surface area contributed by atoms with Crippen molar-refractivity contribution in [3.05, 3.63) is 12.2 Å². The largest absolute Gasteiger partial charge is 0.346 e. The average molecular weight is 348 g/mol. The molecular weight excluding hydrogens is 320 g/mol. The van der Waals surface area contributed by atoms with Crippen molar-refractivity contribution >= 4 is 11.8 Å². The number of carbonyl (C=O) groups excluding carboxylic acids is 2. The second-order valence-electron chi connectivity index (χ2n) is 7.38. The molecule has 8 heteroatoms. The quantitative estimate of drug-likeness (QED) is 0.763. The Morgan fingerprint density at radius 3 is 2.72 bits per heavy atom. The Labute approximate surface area is 148 Å². The van der Waals surface area contributed by atoms with Gasteiger partial charge in [0.1, 0.15) is 12.2 Å². The lowest BCUT2D eigenvalue weighted by molar-refractivity contribution is -0.136. The fraction of sp³-hybridized carbons (Fsp3) is 0.765. The molecule has 0 radical (unpaired) electrons. The number of rotatable bonds is 3. The van der Waals surface area contributed by atoms with Gasteiger partial charge in [-0.15, -0.1) is 10.2 Å². The average Bonchev–Trinajstić information content (AvgIpc) is 2.96. The molecule has 0 saturated carbocycles. The number of likely N-dealkylation sites (tertiary alicyclic amines) is 1. The van der Waals surface area contributed by atoms with E-state index in [9.17, 15) is 9.59 Å². The molecule has 1 aromatic heterocycles. The number of hydrogen-bond donors (Lipinski definition) is 0. The molecule has 138 valence electrons. The van der Waals surface area contributed by atoms with Crippen molar-refractivity contribution in [1.82, 2.24) is 29.5 Å². The zero-order valence-corrected chi connectivity index (χ0v) is 15.4. The number of carbonyl (C=O) groups is 2. The number of aromatic nitrogens is 3. The monoisotopic (exact) mass is 348 g/mol. The summed E-state index contributed by atoms with van der Waals surface area (Å²) in [5.74, 6) is 1.20. The predicted molar refractivity (Wildman–Crippen MR) is 92.8 cm³/mol. The molecular formula is C17H28N6O2. The van der Waals surface area contributed by atoms with Crippen LogP contribution in [-0.4, -0.2) is 87.1 Å². The molecule has 3 rings (SSSR count). The summed E-state index contributed by atoms with van der Waals surface area (Å²) in [5, 5.41) is 7.91. The van der Waals surface area contributed by atoms with E-state index in [-0.39, 0.29) is 17.4 Å². The first-order valence-corrected chi connectivity index (χ1v) is 8.97. The first-order chi connectivity index (χ1) is 11.9. The maximum atomic E-state index is 12.7. The van der Waals surface area contributed by atoms with Crippen molar-refractivity contribution in [3.8, 4) is 0 Å². The first-order valence-electron chi connectivity index (χ1n) is 8.97. The van der Waals surface area contributed by atoms with Gasteiger partial charge in [0.25, 0.3) is 0 Å². The van der Waals surface area contributed by atoms with E-state index in [0.29, 0.717) is 25.8 Å². The lowest BCUT2D eigenvalue weighted by atomic mass is 9.86. The van der Waals surface area contributed by atoms with Crippen molar-refractivity contribution in [3.63, 3.8) is 0 Å². The Morgan fingerprint density at radius 1 is 1.20 bits per heavy atom. The van der Waals surface area contributed by atoms with E-state index in [4.69, 9.17) is 0 Å². The van der Waals surface area contributed by atoms with Crippen LogP contribution in [0.1, 0.15) is 31.5 Å². The number of hydrogen-bond acceptors (Lipinski definition) is 5. The van der Waals surface area contributed by atoms with E-state index in [1.54, 1.807) is 6.33 Å². The maximum Gasteiger partial charge on any atom is 0.223 e. The van der Waals surface area contributed by atoms with Gasteiger partial charge in [-0.25, -0.2) is 0 Å². The molecule has 2 fully saturated rings. The van der Waals surface area contributed by atoms with Crippen LogP contribution in [0.2, 0.25) is 0 Å². The van der Waals surface area contributed by atoms with Gasteiger partial charge >= 0.3 is 0 Å². The van der Waals surface area contributed by atoms with Crippen LogP contribution in [0.3, 0.4) is 0 Å². The van der Waals surface area contributed by atoms with Gasteiger partial charge in [0.2, 0.25) is 11.8 Å². The molecule has 0 aromatic carbocycles. The minimum absolute atomic E-state index is 0.0842. The fourth-order valence-electron chi connectivity index (χ4n) is 3.88. The summed E-state index contributed by atoms with van der Waals surface area (Å²) >= 11 is 0. The van der Waals surface area contributed by atoms with Crippen LogP contribution in [-0.2, 0) is 23.1 Å². The van der Waals surface area contributed by atoms with E-state index in [1.165, 1.54) is 0 Å². The van der Waals surface area contributed by atoms with Crippen LogP contribution in [0.5, 0.6) is 0 Å². The Balaban J connectivity index is 1.64. The highest BCUT2D eigenvalue weighted by Gasteiger charge is 2.42. The van der Waals surface area contributed by atoms with Crippen molar-refractivity contribution in [2.24, 2.45) is 7.05 Å². The van der Waals surface area contributed by atoms with Gasteiger partial charge in [0.05, 0.1) is 0 Å². The second-order valence-corrected chi connectivity index (χ2v) is 7.38. The normalized spacial score (nSPS) is 25.5. The van der Waals surface area contributed by atoms with Crippen molar-refractivity contribution in [2.45, 2.75) is 37.6 Å². The molecule has 0 bridgehead atoms. The van der Waals surface area contributed by atoms with Gasteiger partial charge in [0.15, 0.2) is 0 Å². The summed E-state index contributed by atoms with van der Waals surface area (Å²) in [6.45, 7) is 3.07. The molecule has 0 aliphatic carbocycles. The van der Waals surface area contributed by atoms with E-state index in [2.05, 4.69) is 22.1 Å². The lowest BCUT2D eigenvalue weighted by Gasteiger charge is -2.49. The zero-order chi connectivity index (χ0) is 18.0. The van der Waals surface area contributed by atoms with Crippen LogP contribution in [0.25, 0.3) is 0 Å². The van der Waals surface area contributed by atoms with Gasteiger partial charge in [-0.05, 0) is 19.9 Å². The molecule has 25 heavy (non-hydrogen) atoms. The van der Waals surface area contributed by atoms with Crippen molar-refractivity contribution in [1.29, 1.82) is 0 Å². The molecule has 1 unspecified atom stereocenters. The van der Waals surface area contributed by atoms with Crippen LogP contribution in [0.15, 0.2) is 6.33 Å². The summed E-state index contributed by atoms with van der Waals surface area (Å²) in [5.41, 5.74) is -0.0842. The Morgan fingerprint density at radius 2 is 2.00 bits per heavy atom. The summed E-state index contributed by atoms with van der Waals surface area (Å²) < 4.78 is 1.85. The Kier molecular flexibility index (Phi) is 5.08. The number of aryl methyl sites for hydroxylation is 2. The Bertz CT molecular complexity index is 645. The summed E-state index contributed by atoms with van der Waals surface area (Å²) in [6.07, 6.45) is 5.01. The van der Waals surface area contributed by atoms with Gasteiger partial charge in [-0.1, -0.05) is 0 Å². The second kappa shape index (κ2) is 7.11. The third kappa shape index (κ3) is 3.68. The summed E-state index contributed by atoms with van der Waals surface area (Å²) in [6, 6.07) is 0. The fourth-order valence-corrected chi connectivity index (χ4v) is 3.88. The van der Waals surface area contributed by atoms with Crippen molar-refractivity contribution in [2.75, 3.05) is 40.3 Å². The molecule has 2 saturated heterocycles. The zero-order valence-electron chi connectivity index (χ0n) is 15.4. The first kappa shape index (κ1) is 17.8. The predicted octanol–water partition coefficient (Wildman–Crippen LogP) is -0.0972. The van der Waals surface area contributed by atoms with E-state index < -0.39 is 0 Å². The molecule has 0 N–H and O–H groups in total. The number of likely N-dealkylation sites (N-methyl/N-ethyl adjacent to an activating group) is 1. The molecule has 2 aliphatic rings. The van der Waals surface area contributed by atoms with Crippen molar-refractivity contribution < 1.29 is 9.59 Å². The molecule has 8 nitrogen and oxygen atoms in total. The lowest BCUT2D eigenvalue weighted by Crippen LogP contribution is -2.62. The van der Waals surface area contributed by atoms with Crippen LogP contribution < -0.4 is 0 Å². The van der Waals surface area contributed by atoms with E-state index in [1.807, 2.05) is 28.5 Å². The van der Waals surface area contributed by atoms with Gasteiger partial charge < -0.3 is 14.4 Å². The topological polar surface area (TPSA) is 74.6 Å². The maximum absolute atomic E-state index is 12.7. The highest BCUT2D eigenvalue weighted by molar-refractivity contribution is 5.77. The van der Waals surface area contributed by atoms with E-state index in [0.717, 1.165) is 38.3 Å².